The molecule has 0 atom stereocenters. The molecule has 0 bridgehead atoms. The molecule has 0 fully saturated rings. The number of halogens is 1. The highest BCUT2D eigenvalue weighted by Gasteiger charge is 2.09. The van der Waals surface area contributed by atoms with Crippen LogP contribution in [0.3, 0.4) is 0 Å². The molecule has 2 rings (SSSR count). The van der Waals surface area contributed by atoms with Gasteiger partial charge in [-0.25, -0.2) is 4.68 Å². The van der Waals surface area contributed by atoms with Gasteiger partial charge in [-0.3, -0.25) is 4.79 Å². The number of ether oxygens (including phenoxy) is 1. The number of nitrogens with two attached hydrogens (primary N) is 1. The minimum absolute atomic E-state index is 0.166. The summed E-state index contributed by atoms with van der Waals surface area (Å²) in [6.45, 7) is 0. The summed E-state index contributed by atoms with van der Waals surface area (Å²) >= 11 is 7.16. The molecule has 0 radical (unpaired) electrons. The molecule has 3 N–H and O–H groups in total. The Balaban J connectivity index is 1.91. The lowest BCUT2D eigenvalue weighted by Gasteiger charge is -2.07. The number of methoxy groups -OCH3 is 1. The average molecular weight is 314 g/mol. The standard InChI is InChI=1S/C11H12ClN5O2S/c1-19-9-3-2-7(4-8(9)12)15-10(18)5-20-11-16-14-6-17(11)13/h2-4,6H,5,13H2,1H3,(H,15,18). The van der Waals surface area contributed by atoms with E-state index >= 15 is 0 Å². The van der Waals surface area contributed by atoms with Gasteiger partial charge in [0.25, 0.3) is 0 Å². The maximum atomic E-state index is 11.8. The van der Waals surface area contributed by atoms with Crippen LogP contribution in [0.1, 0.15) is 0 Å². The number of benzene rings is 1. The molecule has 1 aromatic heterocycles. The number of amides is 1. The Morgan fingerprint density at radius 3 is 3.00 bits per heavy atom. The van der Waals surface area contributed by atoms with Crippen molar-refractivity contribution < 1.29 is 9.53 Å². The first-order valence-electron chi connectivity index (χ1n) is 5.51. The van der Waals surface area contributed by atoms with Crippen LogP contribution in [0.2, 0.25) is 5.02 Å². The third-order valence-corrected chi connectivity index (χ3v) is 3.56. The minimum atomic E-state index is -0.195. The predicted molar refractivity (Wildman–Crippen MR) is 77.5 cm³/mol. The zero-order chi connectivity index (χ0) is 14.5. The Hall–Kier alpha value is -1.93. The van der Waals surface area contributed by atoms with Gasteiger partial charge in [0.05, 0.1) is 17.9 Å². The van der Waals surface area contributed by atoms with Gasteiger partial charge in [-0.15, -0.1) is 10.2 Å². The van der Waals surface area contributed by atoms with Gasteiger partial charge in [-0.2, -0.15) is 0 Å². The number of carbonyl (C=O) groups excluding carboxylic acids is 1. The highest BCUT2D eigenvalue weighted by atomic mass is 35.5. The van der Waals surface area contributed by atoms with Gasteiger partial charge in [0.2, 0.25) is 11.1 Å². The van der Waals surface area contributed by atoms with Crippen molar-refractivity contribution in [3.05, 3.63) is 29.5 Å². The summed E-state index contributed by atoms with van der Waals surface area (Å²) < 4.78 is 6.29. The van der Waals surface area contributed by atoms with E-state index in [1.165, 1.54) is 29.9 Å². The van der Waals surface area contributed by atoms with E-state index in [0.717, 1.165) is 0 Å². The fourth-order valence-electron chi connectivity index (χ4n) is 1.41. The van der Waals surface area contributed by atoms with Crippen LogP contribution in [0.5, 0.6) is 5.75 Å². The number of anilines is 1. The van der Waals surface area contributed by atoms with E-state index in [2.05, 4.69) is 15.5 Å². The molecule has 0 unspecified atom stereocenters. The van der Waals surface area contributed by atoms with Crippen molar-refractivity contribution in [2.24, 2.45) is 0 Å². The zero-order valence-corrected chi connectivity index (χ0v) is 12.1. The maximum absolute atomic E-state index is 11.8. The molecule has 20 heavy (non-hydrogen) atoms. The maximum Gasteiger partial charge on any atom is 0.234 e. The predicted octanol–water partition coefficient (Wildman–Crippen LogP) is 1.38. The van der Waals surface area contributed by atoms with Gasteiger partial charge in [0.15, 0.2) is 0 Å². The molecule has 1 aromatic carbocycles. The third-order valence-electron chi connectivity index (χ3n) is 2.31. The van der Waals surface area contributed by atoms with Crippen LogP contribution in [0, 0.1) is 0 Å². The third kappa shape index (κ3) is 3.55. The number of carbonyl (C=O) groups is 1. The quantitative estimate of drug-likeness (QED) is 0.639. The van der Waals surface area contributed by atoms with Crippen LogP contribution >= 0.6 is 23.4 Å². The minimum Gasteiger partial charge on any atom is -0.495 e. The summed E-state index contributed by atoms with van der Waals surface area (Å²) in [5.74, 6) is 6.06. The van der Waals surface area contributed by atoms with Crippen LogP contribution in [-0.4, -0.2) is 33.6 Å². The van der Waals surface area contributed by atoms with Crippen LogP contribution in [0.25, 0.3) is 0 Å². The topological polar surface area (TPSA) is 95.1 Å². The molecule has 0 aliphatic rings. The number of nitrogens with zero attached hydrogens (tertiary/aromatic N) is 3. The summed E-state index contributed by atoms with van der Waals surface area (Å²) in [4.78, 5) is 11.8. The van der Waals surface area contributed by atoms with Gasteiger partial charge in [-0.05, 0) is 18.2 Å². The lowest BCUT2D eigenvalue weighted by molar-refractivity contribution is -0.113. The molecule has 0 saturated carbocycles. The Morgan fingerprint density at radius 1 is 1.60 bits per heavy atom. The Labute approximate surface area is 124 Å². The fraction of sp³-hybridized carbons (Fsp3) is 0.182. The second kappa shape index (κ2) is 6.49. The summed E-state index contributed by atoms with van der Waals surface area (Å²) in [6, 6.07) is 5.01. The summed E-state index contributed by atoms with van der Waals surface area (Å²) in [7, 11) is 1.53. The van der Waals surface area contributed by atoms with Crippen molar-refractivity contribution in [3.63, 3.8) is 0 Å². The molecule has 0 saturated heterocycles. The van der Waals surface area contributed by atoms with Crippen molar-refractivity contribution >= 4 is 35.0 Å². The van der Waals surface area contributed by atoms with Crippen molar-refractivity contribution in [2.75, 3.05) is 24.0 Å². The number of thioether (sulfide) groups is 1. The first-order chi connectivity index (χ1) is 9.60. The van der Waals surface area contributed by atoms with Crippen molar-refractivity contribution in [3.8, 4) is 5.75 Å². The lowest BCUT2D eigenvalue weighted by atomic mass is 10.3. The molecule has 0 spiro atoms. The number of nitrogens with one attached hydrogen (secondary N) is 1. The molecule has 2 aromatic rings. The van der Waals surface area contributed by atoms with E-state index in [1.807, 2.05) is 0 Å². The van der Waals surface area contributed by atoms with E-state index in [1.54, 1.807) is 18.2 Å². The smallest absolute Gasteiger partial charge is 0.234 e. The van der Waals surface area contributed by atoms with Crippen molar-refractivity contribution in [1.29, 1.82) is 0 Å². The van der Waals surface area contributed by atoms with E-state index in [0.29, 0.717) is 21.6 Å². The molecule has 0 aliphatic carbocycles. The molecular weight excluding hydrogens is 302 g/mol. The van der Waals surface area contributed by atoms with E-state index in [-0.39, 0.29) is 11.7 Å². The number of rotatable bonds is 5. The second-order valence-corrected chi connectivity index (χ2v) is 5.06. The molecule has 9 heteroatoms. The Morgan fingerprint density at radius 2 is 2.40 bits per heavy atom. The summed E-state index contributed by atoms with van der Waals surface area (Å²) in [5, 5.41) is 11.0. The lowest BCUT2D eigenvalue weighted by Crippen LogP contribution is -2.15. The monoisotopic (exact) mass is 313 g/mol. The Bertz CT molecular complexity index is 619. The van der Waals surface area contributed by atoms with Crippen molar-refractivity contribution in [2.45, 2.75) is 5.16 Å². The van der Waals surface area contributed by atoms with Gasteiger partial charge in [0.1, 0.15) is 12.1 Å². The fourth-order valence-corrected chi connectivity index (χ4v) is 2.30. The second-order valence-electron chi connectivity index (χ2n) is 3.71. The molecular formula is C11H12ClN5O2S. The molecule has 0 aliphatic heterocycles. The number of hydrogen-bond donors (Lipinski definition) is 2. The summed E-state index contributed by atoms with van der Waals surface area (Å²) in [5.41, 5.74) is 0.593. The molecule has 1 heterocycles. The summed E-state index contributed by atoms with van der Waals surface area (Å²) in [6.07, 6.45) is 1.36. The van der Waals surface area contributed by atoms with Gasteiger partial charge in [-0.1, -0.05) is 23.4 Å². The van der Waals surface area contributed by atoms with Crippen LogP contribution in [0.4, 0.5) is 5.69 Å². The highest BCUT2D eigenvalue weighted by Crippen LogP contribution is 2.27. The van der Waals surface area contributed by atoms with Crippen LogP contribution in [0.15, 0.2) is 29.7 Å². The largest absolute Gasteiger partial charge is 0.495 e. The van der Waals surface area contributed by atoms with E-state index in [9.17, 15) is 4.79 Å². The van der Waals surface area contributed by atoms with Crippen molar-refractivity contribution in [1.82, 2.24) is 14.9 Å². The molecule has 7 nitrogen and oxygen atoms in total. The average Bonchev–Trinajstić information content (AvgIpc) is 2.82. The van der Waals surface area contributed by atoms with Crippen LogP contribution in [-0.2, 0) is 4.79 Å². The first kappa shape index (κ1) is 14.5. The molecule has 1 amide bonds. The number of nitrogen functional groups attached to an aromatic ring is 1. The van der Waals surface area contributed by atoms with Gasteiger partial charge < -0.3 is 15.9 Å². The molecule has 106 valence electrons. The highest BCUT2D eigenvalue weighted by molar-refractivity contribution is 7.99. The number of aromatic nitrogens is 3. The SMILES string of the molecule is COc1ccc(NC(=O)CSc2nncn2N)cc1Cl. The van der Waals surface area contributed by atoms with E-state index in [4.69, 9.17) is 22.2 Å². The van der Waals surface area contributed by atoms with Gasteiger partial charge in [0, 0.05) is 5.69 Å². The normalized spacial score (nSPS) is 10.3. The van der Waals surface area contributed by atoms with Gasteiger partial charge >= 0.3 is 0 Å². The zero-order valence-electron chi connectivity index (χ0n) is 10.5. The number of hydrogen-bond acceptors (Lipinski definition) is 6. The van der Waals surface area contributed by atoms with E-state index < -0.39 is 0 Å². The first-order valence-corrected chi connectivity index (χ1v) is 6.88. The Kier molecular flexibility index (Phi) is 4.70. The van der Waals surface area contributed by atoms with Crippen LogP contribution < -0.4 is 15.9 Å².